The summed E-state index contributed by atoms with van der Waals surface area (Å²) in [7, 11) is 0. The molecular weight excluding hydrogens is 422 g/mol. The van der Waals surface area contributed by atoms with Gasteiger partial charge in [-0.1, -0.05) is 36.4 Å². The summed E-state index contributed by atoms with van der Waals surface area (Å²) in [5, 5.41) is 0.732. The second-order valence-electron chi connectivity index (χ2n) is 7.83. The van der Waals surface area contributed by atoms with E-state index >= 15 is 0 Å². The molecule has 0 unspecified atom stereocenters. The molecule has 33 heavy (non-hydrogen) atoms. The van der Waals surface area contributed by atoms with Crippen LogP contribution in [0.2, 0.25) is 0 Å². The highest BCUT2D eigenvalue weighted by Gasteiger charge is 2.28. The van der Waals surface area contributed by atoms with Gasteiger partial charge < -0.3 is 9.64 Å². The fourth-order valence-electron chi connectivity index (χ4n) is 3.60. The topological polar surface area (TPSA) is 96.0 Å². The van der Waals surface area contributed by atoms with Gasteiger partial charge in [-0.05, 0) is 55.5 Å². The zero-order chi connectivity index (χ0) is 23.8. The first-order valence-electron chi connectivity index (χ1n) is 11.2. The van der Waals surface area contributed by atoms with E-state index in [1.165, 1.54) is 0 Å². The molecule has 0 aliphatic carbocycles. The molecule has 0 spiro atoms. The summed E-state index contributed by atoms with van der Waals surface area (Å²) in [5.41, 5.74) is 5.84. The number of carbonyl (C=O) groups excluding carboxylic acids is 4. The first-order valence-corrected chi connectivity index (χ1v) is 11.2. The number of carbonyl (C=O) groups is 4. The van der Waals surface area contributed by atoms with E-state index in [1.54, 1.807) is 4.90 Å². The minimum atomic E-state index is -0.845. The van der Waals surface area contributed by atoms with Crippen LogP contribution in [0, 0.1) is 0 Å². The van der Waals surface area contributed by atoms with Crippen molar-refractivity contribution in [1.82, 2.24) is 15.3 Å². The molecule has 0 saturated carbocycles. The molecule has 8 heteroatoms. The smallest absolute Gasteiger partial charge is 0.426 e. The Kier molecular flexibility index (Phi) is 8.18. The van der Waals surface area contributed by atoms with Crippen molar-refractivity contribution in [2.75, 3.05) is 13.1 Å². The minimum absolute atomic E-state index is 0.0184. The quantitative estimate of drug-likeness (QED) is 0.621. The van der Waals surface area contributed by atoms with Crippen molar-refractivity contribution in [2.45, 2.75) is 46.1 Å². The van der Waals surface area contributed by atoms with Crippen LogP contribution in [0.3, 0.4) is 0 Å². The maximum Gasteiger partial charge on any atom is 0.426 e. The molecule has 0 radical (unpaired) electrons. The second kappa shape index (κ2) is 11.3. The van der Waals surface area contributed by atoms with Crippen molar-refractivity contribution in [3.05, 3.63) is 70.8 Å². The number of hydrazine groups is 1. The standard InChI is InChI=1S/C25H29N3O5/c1-3-27(4-2)24(31)21-14-12-19(13-15-21)16-18-8-10-20(11-9-18)17-33-25(32)26-28-22(29)6-5-7-23(28)30/h8-15H,3-7,16-17H2,1-2H3,(H,26,32). The lowest BCUT2D eigenvalue weighted by atomic mass is 10.0. The Hall–Kier alpha value is -3.68. The van der Waals surface area contributed by atoms with Gasteiger partial charge >= 0.3 is 6.09 Å². The Balaban J connectivity index is 1.50. The molecule has 174 valence electrons. The zero-order valence-corrected chi connectivity index (χ0v) is 19.0. The summed E-state index contributed by atoms with van der Waals surface area (Å²) >= 11 is 0. The first kappa shape index (κ1) is 24.0. The number of ether oxygens (including phenoxy) is 1. The normalized spacial score (nSPS) is 13.6. The van der Waals surface area contributed by atoms with Crippen LogP contribution in [0.1, 0.15) is 60.2 Å². The number of amides is 4. The van der Waals surface area contributed by atoms with Crippen molar-refractivity contribution in [1.29, 1.82) is 0 Å². The molecule has 1 fully saturated rings. The summed E-state index contributed by atoms with van der Waals surface area (Å²) in [4.78, 5) is 49.6. The summed E-state index contributed by atoms with van der Waals surface area (Å²) in [6, 6.07) is 15.2. The molecule has 1 aliphatic heterocycles. The Labute approximate surface area is 193 Å². The number of nitrogens with zero attached hydrogens (tertiary/aromatic N) is 2. The van der Waals surface area contributed by atoms with Crippen LogP contribution in [0.4, 0.5) is 4.79 Å². The maximum absolute atomic E-state index is 12.4. The highest BCUT2D eigenvalue weighted by Crippen LogP contribution is 2.14. The van der Waals surface area contributed by atoms with E-state index in [4.69, 9.17) is 4.74 Å². The molecule has 0 bridgehead atoms. The van der Waals surface area contributed by atoms with E-state index in [-0.39, 0.29) is 25.4 Å². The Morgan fingerprint density at radius 2 is 1.39 bits per heavy atom. The molecule has 1 aliphatic rings. The number of rotatable bonds is 8. The molecule has 2 aromatic rings. The molecule has 4 amide bonds. The van der Waals surface area contributed by atoms with Gasteiger partial charge in [-0.3, -0.25) is 14.4 Å². The third-order valence-electron chi connectivity index (χ3n) is 5.54. The largest absolute Gasteiger partial charge is 0.443 e. The van der Waals surface area contributed by atoms with Crippen LogP contribution in [0.5, 0.6) is 0 Å². The van der Waals surface area contributed by atoms with Crippen LogP contribution in [0.25, 0.3) is 0 Å². The van der Waals surface area contributed by atoms with Gasteiger partial charge in [0.25, 0.3) is 5.91 Å². The number of benzene rings is 2. The Morgan fingerprint density at radius 1 is 0.879 bits per heavy atom. The van der Waals surface area contributed by atoms with Crippen LogP contribution in [0.15, 0.2) is 48.5 Å². The molecule has 8 nitrogen and oxygen atoms in total. The molecule has 0 aromatic heterocycles. The SMILES string of the molecule is CCN(CC)C(=O)c1ccc(Cc2ccc(COC(=O)NN3C(=O)CCCC3=O)cc2)cc1. The van der Waals surface area contributed by atoms with Crippen LogP contribution >= 0.6 is 0 Å². The van der Waals surface area contributed by atoms with E-state index in [2.05, 4.69) is 5.43 Å². The van der Waals surface area contributed by atoms with Crippen molar-refractivity contribution in [2.24, 2.45) is 0 Å². The van der Waals surface area contributed by atoms with E-state index in [1.807, 2.05) is 62.4 Å². The molecule has 1 saturated heterocycles. The number of nitrogens with one attached hydrogen (secondary N) is 1. The molecule has 1 heterocycles. The average molecular weight is 452 g/mol. The third-order valence-corrected chi connectivity index (χ3v) is 5.54. The molecule has 2 aromatic carbocycles. The Bertz CT molecular complexity index is 982. The minimum Gasteiger partial charge on any atom is -0.443 e. The van der Waals surface area contributed by atoms with Gasteiger partial charge in [0.1, 0.15) is 6.61 Å². The lowest BCUT2D eigenvalue weighted by Crippen LogP contribution is -2.51. The fraction of sp³-hybridized carbons (Fsp3) is 0.360. The summed E-state index contributed by atoms with van der Waals surface area (Å²) < 4.78 is 5.13. The lowest BCUT2D eigenvalue weighted by Gasteiger charge is -2.24. The van der Waals surface area contributed by atoms with Crippen LogP contribution in [-0.4, -0.2) is 46.8 Å². The molecule has 0 atom stereocenters. The van der Waals surface area contributed by atoms with Crippen molar-refractivity contribution in [3.63, 3.8) is 0 Å². The van der Waals surface area contributed by atoms with E-state index in [0.29, 0.717) is 31.5 Å². The number of hydrogen-bond acceptors (Lipinski definition) is 5. The van der Waals surface area contributed by atoms with Crippen molar-refractivity contribution >= 4 is 23.8 Å². The third kappa shape index (κ3) is 6.41. The van der Waals surface area contributed by atoms with Gasteiger partial charge in [-0.2, -0.15) is 5.01 Å². The van der Waals surface area contributed by atoms with Crippen LogP contribution < -0.4 is 5.43 Å². The van der Waals surface area contributed by atoms with Crippen molar-refractivity contribution in [3.8, 4) is 0 Å². The molecular formula is C25H29N3O5. The fourth-order valence-corrected chi connectivity index (χ4v) is 3.60. The maximum atomic E-state index is 12.4. The monoisotopic (exact) mass is 451 g/mol. The van der Waals surface area contributed by atoms with Gasteiger partial charge in [0.05, 0.1) is 0 Å². The molecule has 1 N–H and O–H groups in total. The number of hydrogen-bond donors (Lipinski definition) is 1. The summed E-state index contributed by atoms with van der Waals surface area (Å²) in [6.45, 7) is 5.32. The zero-order valence-electron chi connectivity index (χ0n) is 19.0. The highest BCUT2D eigenvalue weighted by atomic mass is 16.6. The van der Waals surface area contributed by atoms with Gasteiger partial charge in [0.2, 0.25) is 11.8 Å². The molecule has 3 rings (SSSR count). The Morgan fingerprint density at radius 3 is 1.94 bits per heavy atom. The van der Waals surface area contributed by atoms with Gasteiger partial charge in [0.15, 0.2) is 0 Å². The first-order chi connectivity index (χ1) is 15.9. The number of imide groups is 1. The van der Waals surface area contributed by atoms with E-state index in [0.717, 1.165) is 21.7 Å². The van der Waals surface area contributed by atoms with Gasteiger partial charge in [-0.15, -0.1) is 0 Å². The lowest BCUT2D eigenvalue weighted by molar-refractivity contribution is -0.151. The second-order valence-corrected chi connectivity index (χ2v) is 7.83. The van der Waals surface area contributed by atoms with E-state index < -0.39 is 17.9 Å². The van der Waals surface area contributed by atoms with E-state index in [9.17, 15) is 19.2 Å². The van der Waals surface area contributed by atoms with Crippen molar-refractivity contribution < 1.29 is 23.9 Å². The average Bonchev–Trinajstić information content (AvgIpc) is 2.82. The number of piperidine rings is 1. The highest BCUT2D eigenvalue weighted by molar-refractivity contribution is 5.98. The van der Waals surface area contributed by atoms with Gasteiger partial charge in [-0.25, -0.2) is 10.2 Å². The van der Waals surface area contributed by atoms with Gasteiger partial charge in [0, 0.05) is 31.5 Å². The summed E-state index contributed by atoms with van der Waals surface area (Å²) in [5.74, 6) is -0.829. The predicted octanol–water partition coefficient (Wildman–Crippen LogP) is 3.44. The van der Waals surface area contributed by atoms with Crippen LogP contribution in [-0.2, 0) is 27.4 Å². The predicted molar refractivity (Wildman–Crippen MR) is 122 cm³/mol. The summed E-state index contributed by atoms with van der Waals surface area (Å²) in [6.07, 6.45) is 0.809.